The lowest BCUT2D eigenvalue weighted by Crippen LogP contribution is -2.44. The van der Waals surface area contributed by atoms with E-state index in [1.165, 1.54) is 11.1 Å². The van der Waals surface area contributed by atoms with E-state index in [1.807, 2.05) is 31.7 Å². The van der Waals surface area contributed by atoms with Crippen LogP contribution in [0.2, 0.25) is 0 Å². The minimum absolute atomic E-state index is 0.0138. The van der Waals surface area contributed by atoms with Crippen molar-refractivity contribution in [2.24, 2.45) is 5.73 Å². The molecule has 1 amide bonds. The van der Waals surface area contributed by atoms with Gasteiger partial charge in [-0.15, -0.1) is 0 Å². The van der Waals surface area contributed by atoms with Gasteiger partial charge in [-0.3, -0.25) is 4.79 Å². The highest BCUT2D eigenvalue weighted by Gasteiger charge is 2.23. The van der Waals surface area contributed by atoms with Gasteiger partial charge in [-0.2, -0.15) is 10.2 Å². The number of carbonyl (C=O) groups is 1. The number of hydrogen-bond donors (Lipinski definition) is 1. The smallest absolute Gasteiger partial charge is 0.258 e. The van der Waals surface area contributed by atoms with Gasteiger partial charge in [0.05, 0.1) is 17.7 Å². The first-order chi connectivity index (χ1) is 16.4. The van der Waals surface area contributed by atoms with Crippen molar-refractivity contribution in [3.8, 4) is 34.7 Å². The molecular formula is C26H29N5O3. The maximum atomic E-state index is 12.5. The largest absolute Gasteiger partial charge is 0.490 e. The molecule has 0 spiro atoms. The molecule has 8 nitrogen and oxygen atoms in total. The molecule has 0 fully saturated rings. The SMILES string of the molecule is CCC(N)C(=O)N1CCc2ccc(-c3noc(-c4ccc(OC(C)C)c(C#N)c4)n3)cc2CC1. The lowest BCUT2D eigenvalue weighted by atomic mass is 10.00. The molecule has 4 rings (SSSR count). The fraction of sp³-hybridized carbons (Fsp3) is 0.385. The number of hydrogen-bond acceptors (Lipinski definition) is 7. The summed E-state index contributed by atoms with van der Waals surface area (Å²) in [5.41, 5.74) is 10.3. The summed E-state index contributed by atoms with van der Waals surface area (Å²) in [6.07, 6.45) is 2.14. The van der Waals surface area contributed by atoms with Crippen LogP contribution in [0.15, 0.2) is 40.9 Å². The Balaban J connectivity index is 1.54. The van der Waals surface area contributed by atoms with Crippen molar-refractivity contribution < 1.29 is 14.1 Å². The lowest BCUT2D eigenvalue weighted by Gasteiger charge is -2.23. The Morgan fingerprint density at radius 2 is 1.91 bits per heavy atom. The zero-order valence-electron chi connectivity index (χ0n) is 19.7. The third-order valence-electron chi connectivity index (χ3n) is 5.97. The molecule has 0 radical (unpaired) electrons. The van der Waals surface area contributed by atoms with Crippen LogP contribution < -0.4 is 10.5 Å². The van der Waals surface area contributed by atoms with Crippen molar-refractivity contribution in [2.75, 3.05) is 13.1 Å². The fourth-order valence-electron chi connectivity index (χ4n) is 4.06. The second-order valence-corrected chi connectivity index (χ2v) is 8.74. The Morgan fingerprint density at radius 1 is 1.18 bits per heavy atom. The first kappa shape index (κ1) is 23.5. The lowest BCUT2D eigenvalue weighted by molar-refractivity contribution is -0.132. The first-order valence-corrected chi connectivity index (χ1v) is 11.6. The highest BCUT2D eigenvalue weighted by molar-refractivity contribution is 5.81. The number of nitrogens with zero attached hydrogens (tertiary/aromatic N) is 4. The van der Waals surface area contributed by atoms with E-state index in [-0.39, 0.29) is 12.0 Å². The van der Waals surface area contributed by atoms with E-state index in [0.29, 0.717) is 48.1 Å². The van der Waals surface area contributed by atoms with E-state index in [0.717, 1.165) is 18.4 Å². The Morgan fingerprint density at radius 3 is 2.62 bits per heavy atom. The minimum atomic E-state index is -0.443. The van der Waals surface area contributed by atoms with Gasteiger partial charge in [0, 0.05) is 24.2 Å². The van der Waals surface area contributed by atoms with Gasteiger partial charge in [-0.05, 0) is 68.5 Å². The van der Waals surface area contributed by atoms with Crippen molar-refractivity contribution in [2.45, 2.75) is 52.2 Å². The summed E-state index contributed by atoms with van der Waals surface area (Å²) in [4.78, 5) is 18.9. The van der Waals surface area contributed by atoms with Gasteiger partial charge < -0.3 is 19.9 Å². The molecule has 3 aromatic rings. The molecule has 176 valence electrons. The number of ether oxygens (including phenoxy) is 1. The topological polar surface area (TPSA) is 118 Å². The Hall–Kier alpha value is -3.70. The van der Waals surface area contributed by atoms with Crippen LogP contribution in [0.3, 0.4) is 0 Å². The maximum absolute atomic E-state index is 12.5. The van der Waals surface area contributed by atoms with E-state index < -0.39 is 6.04 Å². The number of nitriles is 1. The van der Waals surface area contributed by atoms with Crippen LogP contribution in [-0.4, -0.2) is 46.2 Å². The summed E-state index contributed by atoms with van der Waals surface area (Å²) in [6.45, 7) is 7.06. The van der Waals surface area contributed by atoms with Crippen molar-refractivity contribution in [3.05, 3.63) is 53.1 Å². The molecule has 1 atom stereocenters. The molecule has 0 aliphatic carbocycles. The van der Waals surface area contributed by atoms with Crippen LogP contribution in [0, 0.1) is 11.3 Å². The molecule has 1 aliphatic heterocycles. The predicted octanol–water partition coefficient (Wildman–Crippen LogP) is 3.73. The number of nitrogens with two attached hydrogens (primary N) is 1. The van der Waals surface area contributed by atoms with Crippen LogP contribution in [0.4, 0.5) is 0 Å². The highest BCUT2D eigenvalue weighted by Crippen LogP contribution is 2.29. The number of carbonyl (C=O) groups excluding carboxylic acids is 1. The van der Waals surface area contributed by atoms with Crippen LogP contribution in [0.1, 0.15) is 43.9 Å². The van der Waals surface area contributed by atoms with Crippen LogP contribution in [0.5, 0.6) is 5.75 Å². The summed E-state index contributed by atoms with van der Waals surface area (Å²) < 4.78 is 11.2. The fourth-order valence-corrected chi connectivity index (χ4v) is 4.06. The molecule has 2 N–H and O–H groups in total. The zero-order valence-corrected chi connectivity index (χ0v) is 19.7. The third-order valence-corrected chi connectivity index (χ3v) is 5.97. The van der Waals surface area contributed by atoms with Crippen molar-refractivity contribution >= 4 is 5.91 Å². The molecule has 2 heterocycles. The van der Waals surface area contributed by atoms with Crippen molar-refractivity contribution in [1.82, 2.24) is 15.0 Å². The second-order valence-electron chi connectivity index (χ2n) is 8.74. The van der Waals surface area contributed by atoms with E-state index in [4.69, 9.17) is 15.0 Å². The van der Waals surface area contributed by atoms with Gasteiger partial charge in [-0.1, -0.05) is 24.2 Å². The molecule has 34 heavy (non-hydrogen) atoms. The number of fused-ring (bicyclic) bond motifs is 1. The molecule has 8 heteroatoms. The number of amides is 1. The molecule has 1 aromatic heterocycles. The molecule has 0 saturated carbocycles. The third kappa shape index (κ3) is 4.95. The summed E-state index contributed by atoms with van der Waals surface area (Å²) in [6, 6.07) is 13.1. The molecule has 1 aliphatic rings. The van der Waals surface area contributed by atoms with E-state index in [9.17, 15) is 10.1 Å². The van der Waals surface area contributed by atoms with E-state index >= 15 is 0 Å². The average molecular weight is 460 g/mol. The second kappa shape index (κ2) is 10.1. The maximum Gasteiger partial charge on any atom is 0.258 e. The Kier molecular flexibility index (Phi) is 6.94. The number of benzene rings is 2. The molecule has 0 bridgehead atoms. The van der Waals surface area contributed by atoms with Crippen LogP contribution in [0.25, 0.3) is 22.8 Å². The van der Waals surface area contributed by atoms with E-state index in [1.54, 1.807) is 18.2 Å². The van der Waals surface area contributed by atoms with Gasteiger partial charge in [0.25, 0.3) is 5.89 Å². The number of aromatic nitrogens is 2. The standard InChI is InChI=1S/C26H29N5O3/c1-4-22(28)26(32)31-11-9-17-5-6-19(13-18(17)10-12-31)24-29-25(34-30-24)20-7-8-23(33-16(2)3)21(14-20)15-27/h5-8,13-14,16,22H,4,9-12,28H2,1-3H3. The zero-order chi connectivity index (χ0) is 24.2. The highest BCUT2D eigenvalue weighted by atomic mass is 16.5. The van der Waals surface area contributed by atoms with E-state index in [2.05, 4.69) is 28.3 Å². The van der Waals surface area contributed by atoms with Crippen LogP contribution in [-0.2, 0) is 17.6 Å². The summed E-state index contributed by atoms with van der Waals surface area (Å²) >= 11 is 0. The van der Waals surface area contributed by atoms with Crippen LogP contribution >= 0.6 is 0 Å². The van der Waals surface area contributed by atoms with Gasteiger partial charge in [0.15, 0.2) is 0 Å². The van der Waals surface area contributed by atoms with Gasteiger partial charge in [-0.25, -0.2) is 0 Å². The Labute approximate surface area is 199 Å². The monoisotopic (exact) mass is 459 g/mol. The summed E-state index contributed by atoms with van der Waals surface area (Å²) in [5, 5.41) is 13.6. The quantitative estimate of drug-likeness (QED) is 0.597. The molecule has 1 unspecified atom stereocenters. The number of rotatable bonds is 6. The summed E-state index contributed by atoms with van der Waals surface area (Å²) in [7, 11) is 0. The average Bonchev–Trinajstić information content (AvgIpc) is 3.24. The normalized spacial score (nSPS) is 14.3. The van der Waals surface area contributed by atoms with Gasteiger partial charge in [0.1, 0.15) is 11.8 Å². The predicted molar refractivity (Wildman–Crippen MR) is 128 cm³/mol. The minimum Gasteiger partial charge on any atom is -0.490 e. The molecule has 0 saturated heterocycles. The van der Waals surface area contributed by atoms with Gasteiger partial charge >= 0.3 is 0 Å². The van der Waals surface area contributed by atoms with Crippen molar-refractivity contribution in [1.29, 1.82) is 5.26 Å². The molecular weight excluding hydrogens is 430 g/mol. The molecule has 2 aromatic carbocycles. The first-order valence-electron chi connectivity index (χ1n) is 11.6. The van der Waals surface area contributed by atoms with Gasteiger partial charge in [0.2, 0.25) is 11.7 Å². The Bertz CT molecular complexity index is 1230. The summed E-state index contributed by atoms with van der Waals surface area (Å²) in [5.74, 6) is 1.35. The van der Waals surface area contributed by atoms with Crippen molar-refractivity contribution in [3.63, 3.8) is 0 Å².